The molecule has 0 bridgehead atoms. The van der Waals surface area contributed by atoms with Gasteiger partial charge in [-0.2, -0.15) is 0 Å². The van der Waals surface area contributed by atoms with E-state index in [1.807, 2.05) is 24.3 Å². The smallest absolute Gasteiger partial charge is 0.261 e. The van der Waals surface area contributed by atoms with Gasteiger partial charge in [-0.15, -0.1) is 11.3 Å². The van der Waals surface area contributed by atoms with Crippen molar-refractivity contribution in [1.29, 1.82) is 0 Å². The van der Waals surface area contributed by atoms with E-state index in [1.54, 1.807) is 6.20 Å². The first-order chi connectivity index (χ1) is 11.5. The molecule has 24 heavy (non-hydrogen) atoms. The van der Waals surface area contributed by atoms with Crippen LogP contribution in [0.3, 0.4) is 0 Å². The lowest BCUT2D eigenvalue weighted by Gasteiger charge is -2.05. The van der Waals surface area contributed by atoms with Crippen LogP contribution in [0, 0.1) is 5.82 Å². The number of hydrogen-bond donors (Lipinski definition) is 1. The number of carbonyl (C=O) groups is 1. The second kappa shape index (κ2) is 7.30. The van der Waals surface area contributed by atoms with Gasteiger partial charge in [-0.25, -0.2) is 9.37 Å². The molecule has 1 N–H and O–H groups in total. The van der Waals surface area contributed by atoms with Crippen molar-refractivity contribution < 1.29 is 9.18 Å². The van der Waals surface area contributed by atoms with E-state index in [0.717, 1.165) is 10.4 Å². The summed E-state index contributed by atoms with van der Waals surface area (Å²) in [6.07, 6.45) is 2.35. The van der Waals surface area contributed by atoms with Gasteiger partial charge in [0.1, 0.15) is 5.82 Å². The highest BCUT2D eigenvalue weighted by Gasteiger charge is 2.17. The number of aromatic nitrogens is 1. The Morgan fingerprint density at radius 2 is 1.92 bits per heavy atom. The Hall–Kier alpha value is -1.95. The van der Waals surface area contributed by atoms with Crippen molar-refractivity contribution in [2.24, 2.45) is 0 Å². The van der Waals surface area contributed by atoms with E-state index in [4.69, 9.17) is 23.2 Å². The van der Waals surface area contributed by atoms with Crippen LogP contribution in [-0.4, -0.2) is 10.9 Å². The van der Waals surface area contributed by atoms with Gasteiger partial charge >= 0.3 is 0 Å². The van der Waals surface area contributed by atoms with Crippen LogP contribution >= 0.6 is 34.5 Å². The SMILES string of the molecule is O=C(Nc1ncc(Cc2ccc(Cl)cc2)s1)c1c(F)cccc1Cl. The highest BCUT2D eigenvalue weighted by Crippen LogP contribution is 2.24. The number of carbonyl (C=O) groups excluding carboxylic acids is 1. The number of rotatable bonds is 4. The molecule has 3 nitrogen and oxygen atoms in total. The van der Waals surface area contributed by atoms with E-state index < -0.39 is 11.7 Å². The van der Waals surface area contributed by atoms with Gasteiger partial charge in [-0.05, 0) is 29.8 Å². The van der Waals surface area contributed by atoms with E-state index in [-0.39, 0.29) is 10.6 Å². The van der Waals surface area contributed by atoms with Crippen LogP contribution < -0.4 is 5.32 Å². The molecule has 122 valence electrons. The Labute approximate surface area is 152 Å². The molecule has 1 aromatic heterocycles. The first-order valence-corrected chi connectivity index (χ1v) is 8.54. The lowest BCUT2D eigenvalue weighted by molar-refractivity contribution is 0.102. The second-order valence-corrected chi connectivity index (χ2v) is 6.94. The standard InChI is InChI=1S/C17H11Cl2FN2OS/c18-11-6-4-10(5-7-11)8-12-9-21-17(24-12)22-16(23)15-13(19)2-1-3-14(15)20/h1-7,9H,8H2,(H,21,22,23). The Morgan fingerprint density at radius 3 is 2.62 bits per heavy atom. The van der Waals surface area contributed by atoms with Crippen molar-refractivity contribution in [1.82, 2.24) is 4.98 Å². The van der Waals surface area contributed by atoms with E-state index in [2.05, 4.69) is 10.3 Å². The van der Waals surface area contributed by atoms with Crippen LogP contribution in [-0.2, 0) is 6.42 Å². The molecule has 0 aliphatic carbocycles. The summed E-state index contributed by atoms with van der Waals surface area (Å²) in [6, 6.07) is 11.6. The zero-order valence-corrected chi connectivity index (χ0v) is 14.6. The molecule has 7 heteroatoms. The summed E-state index contributed by atoms with van der Waals surface area (Å²) in [7, 11) is 0. The van der Waals surface area contributed by atoms with Crippen molar-refractivity contribution in [3.63, 3.8) is 0 Å². The molecule has 0 unspecified atom stereocenters. The molecule has 1 amide bonds. The summed E-state index contributed by atoms with van der Waals surface area (Å²) >= 11 is 13.1. The molecular weight excluding hydrogens is 370 g/mol. The molecule has 0 radical (unpaired) electrons. The van der Waals surface area contributed by atoms with E-state index in [9.17, 15) is 9.18 Å². The fourth-order valence-electron chi connectivity index (χ4n) is 2.12. The van der Waals surface area contributed by atoms with E-state index in [1.165, 1.54) is 29.5 Å². The zero-order chi connectivity index (χ0) is 17.1. The summed E-state index contributed by atoms with van der Waals surface area (Å²) in [4.78, 5) is 17.3. The molecule has 3 rings (SSSR count). The number of anilines is 1. The first kappa shape index (κ1) is 16.9. The Balaban J connectivity index is 1.72. The molecule has 0 saturated heterocycles. The number of hydrogen-bond acceptors (Lipinski definition) is 3. The summed E-state index contributed by atoms with van der Waals surface area (Å²) in [5.74, 6) is -1.29. The molecule has 0 fully saturated rings. The molecular formula is C17H11Cl2FN2OS. The highest BCUT2D eigenvalue weighted by molar-refractivity contribution is 7.15. The average Bonchev–Trinajstić information content (AvgIpc) is 2.96. The molecule has 0 atom stereocenters. The lowest BCUT2D eigenvalue weighted by Crippen LogP contribution is -2.14. The van der Waals surface area contributed by atoms with Crippen molar-refractivity contribution in [3.8, 4) is 0 Å². The molecule has 0 saturated carbocycles. The monoisotopic (exact) mass is 380 g/mol. The molecule has 0 aliphatic heterocycles. The number of thiazole rings is 1. The minimum absolute atomic E-state index is 0.0606. The average molecular weight is 381 g/mol. The Morgan fingerprint density at radius 1 is 1.17 bits per heavy atom. The predicted octanol–water partition coefficient (Wildman–Crippen LogP) is 5.43. The van der Waals surface area contributed by atoms with Crippen LogP contribution in [0.2, 0.25) is 10.0 Å². The fraction of sp³-hybridized carbons (Fsp3) is 0.0588. The summed E-state index contributed by atoms with van der Waals surface area (Å²) in [5.41, 5.74) is 0.895. The van der Waals surface area contributed by atoms with Crippen LogP contribution in [0.15, 0.2) is 48.7 Å². The zero-order valence-electron chi connectivity index (χ0n) is 12.2. The molecule has 0 spiro atoms. The summed E-state index contributed by atoms with van der Waals surface area (Å²) < 4.78 is 13.8. The Kier molecular flexibility index (Phi) is 5.14. The molecule has 3 aromatic rings. The maximum atomic E-state index is 13.8. The topological polar surface area (TPSA) is 42.0 Å². The fourth-order valence-corrected chi connectivity index (χ4v) is 3.34. The second-order valence-electron chi connectivity index (χ2n) is 4.99. The number of amides is 1. The van der Waals surface area contributed by atoms with Crippen LogP contribution in [0.5, 0.6) is 0 Å². The van der Waals surface area contributed by atoms with Crippen molar-refractivity contribution >= 4 is 45.6 Å². The maximum absolute atomic E-state index is 13.8. The number of nitrogens with one attached hydrogen (secondary N) is 1. The largest absolute Gasteiger partial charge is 0.298 e. The maximum Gasteiger partial charge on any atom is 0.261 e. The van der Waals surface area contributed by atoms with E-state index >= 15 is 0 Å². The minimum atomic E-state index is -0.669. The normalized spacial score (nSPS) is 10.6. The molecule has 2 aromatic carbocycles. The molecule has 1 heterocycles. The van der Waals surface area contributed by atoms with Crippen molar-refractivity contribution in [2.45, 2.75) is 6.42 Å². The molecule has 0 aliphatic rings. The van der Waals surface area contributed by atoms with Gasteiger partial charge in [0, 0.05) is 22.5 Å². The van der Waals surface area contributed by atoms with Gasteiger partial charge < -0.3 is 0 Å². The number of benzene rings is 2. The number of halogens is 3. The van der Waals surface area contributed by atoms with Crippen LogP contribution in [0.4, 0.5) is 9.52 Å². The Bertz CT molecular complexity index is 860. The van der Waals surface area contributed by atoms with Crippen LogP contribution in [0.1, 0.15) is 20.8 Å². The lowest BCUT2D eigenvalue weighted by atomic mass is 10.1. The third-order valence-corrected chi connectivity index (χ3v) is 4.74. The highest BCUT2D eigenvalue weighted by atomic mass is 35.5. The summed E-state index contributed by atoms with van der Waals surface area (Å²) in [5, 5.41) is 3.71. The third kappa shape index (κ3) is 3.93. The minimum Gasteiger partial charge on any atom is -0.298 e. The van der Waals surface area contributed by atoms with E-state index in [0.29, 0.717) is 16.6 Å². The van der Waals surface area contributed by atoms with Gasteiger partial charge in [-0.1, -0.05) is 41.4 Å². The third-order valence-electron chi connectivity index (χ3n) is 3.26. The van der Waals surface area contributed by atoms with Gasteiger partial charge in [-0.3, -0.25) is 10.1 Å². The van der Waals surface area contributed by atoms with Crippen molar-refractivity contribution in [2.75, 3.05) is 5.32 Å². The quantitative estimate of drug-likeness (QED) is 0.655. The number of nitrogens with zero attached hydrogens (tertiary/aromatic N) is 1. The van der Waals surface area contributed by atoms with Crippen molar-refractivity contribution in [3.05, 3.63) is 80.5 Å². The predicted molar refractivity (Wildman–Crippen MR) is 95.7 cm³/mol. The van der Waals surface area contributed by atoms with Gasteiger partial charge in [0.2, 0.25) is 0 Å². The van der Waals surface area contributed by atoms with Gasteiger partial charge in [0.05, 0.1) is 10.6 Å². The van der Waals surface area contributed by atoms with Gasteiger partial charge in [0.25, 0.3) is 5.91 Å². The first-order valence-electron chi connectivity index (χ1n) is 6.97. The van der Waals surface area contributed by atoms with Gasteiger partial charge in [0.15, 0.2) is 5.13 Å². The van der Waals surface area contributed by atoms with Crippen LogP contribution in [0.25, 0.3) is 0 Å². The summed E-state index contributed by atoms with van der Waals surface area (Å²) in [6.45, 7) is 0.